The maximum atomic E-state index is 4.80. The van der Waals surface area contributed by atoms with Crippen LogP contribution in [0.3, 0.4) is 0 Å². The van der Waals surface area contributed by atoms with Gasteiger partial charge in [-0.05, 0) is 68.2 Å². The van der Waals surface area contributed by atoms with Crippen molar-refractivity contribution in [2.75, 3.05) is 24.5 Å². The largest absolute Gasteiger partial charge is 0.368 e. The van der Waals surface area contributed by atoms with Gasteiger partial charge in [0.25, 0.3) is 0 Å². The van der Waals surface area contributed by atoms with Crippen LogP contribution >= 0.6 is 0 Å². The zero-order valence-electron chi connectivity index (χ0n) is 16.2. The Balaban J connectivity index is 1.62. The number of rotatable bonds is 3. The van der Waals surface area contributed by atoms with Gasteiger partial charge in [-0.15, -0.1) is 0 Å². The minimum atomic E-state index is 0.512. The molecule has 1 aromatic heterocycles. The average Bonchev–Trinajstić information content (AvgIpc) is 2.69. The molecule has 2 atom stereocenters. The van der Waals surface area contributed by atoms with Gasteiger partial charge in [0.2, 0.25) is 0 Å². The number of anilines is 1. The number of allylic oxidation sites excluding steroid dienone is 1. The van der Waals surface area contributed by atoms with Gasteiger partial charge in [0.1, 0.15) is 0 Å². The van der Waals surface area contributed by atoms with Crippen molar-refractivity contribution in [3.8, 4) is 0 Å². The first-order valence-electron chi connectivity index (χ1n) is 9.96. The zero-order valence-corrected chi connectivity index (χ0v) is 16.2. The van der Waals surface area contributed by atoms with E-state index in [0.717, 1.165) is 43.8 Å². The van der Waals surface area contributed by atoms with Gasteiger partial charge in [-0.2, -0.15) is 0 Å². The standard InChI is InChI=1S/C23H28N4/c1-17-15-27(16-18(2)26-17)22-9-3-6-19(13-22)12-20-7-5-11-25-23(20)21-8-4-10-24-14-21/h3-4,6,8-10,12-14,17-18,26H,5,7,11,15-16H2,1-2H3/t17-,18+. The topological polar surface area (TPSA) is 40.5 Å². The van der Waals surface area contributed by atoms with Gasteiger partial charge in [0.05, 0.1) is 5.71 Å². The molecule has 2 aromatic rings. The molecule has 2 aliphatic rings. The van der Waals surface area contributed by atoms with E-state index in [4.69, 9.17) is 4.99 Å². The van der Waals surface area contributed by atoms with E-state index in [0.29, 0.717) is 12.1 Å². The lowest BCUT2D eigenvalue weighted by molar-refractivity contribution is 0.407. The SMILES string of the molecule is C[C@@H]1CN(c2cccc(C=C3CCCN=C3c3cccnc3)c2)C[C@H](C)N1. The molecule has 0 amide bonds. The maximum Gasteiger partial charge on any atom is 0.0694 e. The normalized spacial score (nSPS) is 24.7. The van der Waals surface area contributed by atoms with E-state index in [-0.39, 0.29) is 0 Å². The fourth-order valence-electron chi connectivity index (χ4n) is 4.15. The van der Waals surface area contributed by atoms with E-state index in [1.165, 1.54) is 16.8 Å². The molecule has 4 nitrogen and oxygen atoms in total. The van der Waals surface area contributed by atoms with Crippen LogP contribution in [0, 0.1) is 0 Å². The van der Waals surface area contributed by atoms with Gasteiger partial charge in [-0.1, -0.05) is 12.1 Å². The summed E-state index contributed by atoms with van der Waals surface area (Å²) in [5.41, 5.74) is 6.09. The van der Waals surface area contributed by atoms with E-state index < -0.39 is 0 Å². The zero-order chi connectivity index (χ0) is 18.6. The third-order valence-electron chi connectivity index (χ3n) is 5.25. The quantitative estimate of drug-likeness (QED) is 0.901. The minimum absolute atomic E-state index is 0.512. The fraction of sp³-hybridized carbons (Fsp3) is 0.391. The number of aliphatic imine (C=N–C) groups is 1. The number of hydrogen-bond donors (Lipinski definition) is 1. The van der Waals surface area contributed by atoms with Crippen molar-refractivity contribution < 1.29 is 0 Å². The second-order valence-corrected chi connectivity index (χ2v) is 7.71. The van der Waals surface area contributed by atoms with Crippen molar-refractivity contribution in [3.05, 3.63) is 65.5 Å². The predicted molar refractivity (Wildman–Crippen MR) is 114 cm³/mol. The third-order valence-corrected chi connectivity index (χ3v) is 5.25. The molecule has 0 aliphatic carbocycles. The molecule has 0 unspecified atom stereocenters. The monoisotopic (exact) mass is 360 g/mol. The number of piperazine rings is 1. The molecular weight excluding hydrogens is 332 g/mol. The molecule has 1 N–H and O–H groups in total. The Morgan fingerprint density at radius 3 is 2.74 bits per heavy atom. The number of nitrogens with zero attached hydrogens (tertiary/aromatic N) is 3. The van der Waals surface area contributed by atoms with Gasteiger partial charge in [-0.3, -0.25) is 9.98 Å². The minimum Gasteiger partial charge on any atom is -0.368 e. The maximum absolute atomic E-state index is 4.80. The molecule has 1 saturated heterocycles. The van der Waals surface area contributed by atoms with Crippen molar-refractivity contribution >= 4 is 17.5 Å². The lowest BCUT2D eigenvalue weighted by atomic mass is 9.94. The van der Waals surface area contributed by atoms with Crippen LogP contribution in [0.1, 0.15) is 37.8 Å². The molecule has 0 radical (unpaired) electrons. The van der Waals surface area contributed by atoms with Crippen LogP contribution in [0.2, 0.25) is 0 Å². The Morgan fingerprint density at radius 2 is 1.96 bits per heavy atom. The highest BCUT2D eigenvalue weighted by atomic mass is 15.2. The van der Waals surface area contributed by atoms with Crippen LogP contribution in [0.15, 0.2) is 59.4 Å². The Bertz CT molecular complexity index is 830. The van der Waals surface area contributed by atoms with Crippen molar-refractivity contribution in [2.45, 2.75) is 38.8 Å². The molecular formula is C23H28N4. The molecule has 140 valence electrons. The van der Waals surface area contributed by atoms with Gasteiger partial charge in [-0.25, -0.2) is 0 Å². The van der Waals surface area contributed by atoms with Gasteiger partial charge in [0, 0.05) is 55.4 Å². The molecule has 27 heavy (non-hydrogen) atoms. The summed E-state index contributed by atoms with van der Waals surface area (Å²) in [6.45, 7) is 7.51. The molecule has 0 saturated carbocycles. The van der Waals surface area contributed by atoms with Crippen molar-refractivity contribution in [1.82, 2.24) is 10.3 Å². The Morgan fingerprint density at radius 1 is 1.11 bits per heavy atom. The highest BCUT2D eigenvalue weighted by Crippen LogP contribution is 2.25. The second kappa shape index (κ2) is 8.05. The second-order valence-electron chi connectivity index (χ2n) is 7.71. The van der Waals surface area contributed by atoms with Crippen LogP contribution in [0.4, 0.5) is 5.69 Å². The number of aromatic nitrogens is 1. The number of pyridine rings is 1. The number of benzene rings is 1. The molecule has 4 rings (SSSR count). The van der Waals surface area contributed by atoms with Gasteiger partial charge < -0.3 is 10.2 Å². The molecule has 0 bridgehead atoms. The Hall–Kier alpha value is -2.46. The lowest BCUT2D eigenvalue weighted by Gasteiger charge is -2.37. The lowest BCUT2D eigenvalue weighted by Crippen LogP contribution is -2.54. The van der Waals surface area contributed by atoms with E-state index in [1.807, 2.05) is 18.5 Å². The van der Waals surface area contributed by atoms with E-state index in [2.05, 4.69) is 65.5 Å². The first kappa shape index (κ1) is 17.9. The summed E-state index contributed by atoms with van der Waals surface area (Å²) in [4.78, 5) is 11.6. The summed E-state index contributed by atoms with van der Waals surface area (Å²) in [5.74, 6) is 0. The molecule has 4 heteroatoms. The first-order valence-corrected chi connectivity index (χ1v) is 9.96. The van der Waals surface area contributed by atoms with Gasteiger partial charge in [0.15, 0.2) is 0 Å². The van der Waals surface area contributed by atoms with E-state index in [1.54, 1.807) is 0 Å². The molecule has 1 aromatic carbocycles. The summed E-state index contributed by atoms with van der Waals surface area (Å²) in [6.07, 6.45) is 8.22. The van der Waals surface area contributed by atoms with Gasteiger partial charge >= 0.3 is 0 Å². The molecule has 0 spiro atoms. The third kappa shape index (κ3) is 4.28. The predicted octanol–water partition coefficient (Wildman–Crippen LogP) is 3.93. The summed E-state index contributed by atoms with van der Waals surface area (Å²) in [6, 6.07) is 14.0. The van der Waals surface area contributed by atoms with Crippen molar-refractivity contribution in [2.24, 2.45) is 4.99 Å². The van der Waals surface area contributed by atoms with Crippen molar-refractivity contribution in [1.29, 1.82) is 0 Å². The van der Waals surface area contributed by atoms with Crippen LogP contribution in [-0.4, -0.2) is 42.4 Å². The van der Waals surface area contributed by atoms with Crippen LogP contribution in [0.5, 0.6) is 0 Å². The summed E-state index contributed by atoms with van der Waals surface area (Å²) < 4.78 is 0. The summed E-state index contributed by atoms with van der Waals surface area (Å²) in [5, 5.41) is 3.61. The van der Waals surface area contributed by atoms with Crippen LogP contribution in [0.25, 0.3) is 6.08 Å². The Kier molecular flexibility index (Phi) is 5.35. The average molecular weight is 361 g/mol. The van der Waals surface area contributed by atoms with Crippen LogP contribution < -0.4 is 10.2 Å². The first-order chi connectivity index (χ1) is 13.2. The highest BCUT2D eigenvalue weighted by molar-refractivity contribution is 6.15. The smallest absolute Gasteiger partial charge is 0.0694 e. The highest BCUT2D eigenvalue weighted by Gasteiger charge is 2.21. The Labute approximate surface area is 162 Å². The molecule has 3 heterocycles. The van der Waals surface area contributed by atoms with E-state index in [9.17, 15) is 0 Å². The molecule has 2 aliphatic heterocycles. The van der Waals surface area contributed by atoms with E-state index >= 15 is 0 Å². The van der Waals surface area contributed by atoms with Crippen molar-refractivity contribution in [3.63, 3.8) is 0 Å². The number of nitrogens with one attached hydrogen (secondary N) is 1. The number of hydrogen-bond acceptors (Lipinski definition) is 4. The van der Waals surface area contributed by atoms with Crippen LogP contribution in [-0.2, 0) is 0 Å². The molecule has 1 fully saturated rings. The summed E-state index contributed by atoms with van der Waals surface area (Å²) in [7, 11) is 0. The summed E-state index contributed by atoms with van der Waals surface area (Å²) >= 11 is 0. The fourth-order valence-corrected chi connectivity index (χ4v) is 4.15.